The van der Waals surface area contributed by atoms with Gasteiger partial charge < -0.3 is 5.32 Å². The number of nitrogens with one attached hydrogen (secondary N) is 1. The first-order chi connectivity index (χ1) is 6.94. The van der Waals surface area contributed by atoms with E-state index in [-0.39, 0.29) is 0 Å². The second-order valence-electron chi connectivity index (χ2n) is 5.07. The van der Waals surface area contributed by atoms with Gasteiger partial charge in [-0.3, -0.25) is 4.68 Å². The fraction of sp³-hybridized carbons (Fsp3) is 0.750. The maximum atomic E-state index is 4.18. The van der Waals surface area contributed by atoms with Gasteiger partial charge in [-0.25, -0.2) is 0 Å². The Morgan fingerprint density at radius 1 is 1.53 bits per heavy atom. The maximum absolute atomic E-state index is 4.18. The van der Waals surface area contributed by atoms with Crippen molar-refractivity contribution in [3.8, 4) is 0 Å². The molecule has 15 heavy (non-hydrogen) atoms. The topological polar surface area (TPSA) is 29.9 Å². The molecule has 0 aliphatic carbocycles. The first kappa shape index (κ1) is 12.2. The van der Waals surface area contributed by atoms with Crippen LogP contribution in [0, 0.1) is 5.41 Å². The third-order valence-corrected chi connectivity index (χ3v) is 3.07. The Balaban J connectivity index is 2.46. The van der Waals surface area contributed by atoms with Crippen molar-refractivity contribution < 1.29 is 0 Å². The summed E-state index contributed by atoms with van der Waals surface area (Å²) in [6, 6.07) is 0.379. The van der Waals surface area contributed by atoms with E-state index in [1.54, 1.807) is 0 Å². The van der Waals surface area contributed by atoms with Crippen molar-refractivity contribution in [3.05, 3.63) is 18.0 Å². The second-order valence-corrected chi connectivity index (χ2v) is 5.07. The Bertz CT molecular complexity index is 302. The summed E-state index contributed by atoms with van der Waals surface area (Å²) < 4.78 is 1.85. The Morgan fingerprint density at radius 3 is 2.67 bits per heavy atom. The quantitative estimate of drug-likeness (QED) is 0.807. The van der Waals surface area contributed by atoms with Crippen LogP contribution < -0.4 is 5.32 Å². The van der Waals surface area contributed by atoms with Crippen LogP contribution in [0.15, 0.2) is 12.4 Å². The molecule has 1 heterocycles. The number of hydrogen-bond donors (Lipinski definition) is 1. The summed E-state index contributed by atoms with van der Waals surface area (Å²) in [6.07, 6.45) is 5.19. The van der Waals surface area contributed by atoms with Crippen LogP contribution in [0.2, 0.25) is 0 Å². The summed E-state index contributed by atoms with van der Waals surface area (Å²) in [6.45, 7) is 10.0. The molecular weight excluding hydrogens is 186 g/mol. The van der Waals surface area contributed by atoms with Gasteiger partial charge in [-0.05, 0) is 18.8 Å². The molecular formula is C12H23N3. The van der Waals surface area contributed by atoms with E-state index in [4.69, 9.17) is 0 Å². The van der Waals surface area contributed by atoms with Crippen LogP contribution in [0.3, 0.4) is 0 Å². The summed E-state index contributed by atoms with van der Waals surface area (Å²) >= 11 is 0. The number of hydrogen-bond acceptors (Lipinski definition) is 2. The molecule has 1 aromatic heterocycles. The molecule has 3 nitrogen and oxygen atoms in total. The van der Waals surface area contributed by atoms with E-state index in [0.717, 1.165) is 6.54 Å². The number of rotatable bonds is 5. The van der Waals surface area contributed by atoms with Crippen molar-refractivity contribution in [3.63, 3.8) is 0 Å². The summed E-state index contributed by atoms with van der Waals surface area (Å²) in [7, 11) is 1.95. The molecule has 1 aromatic rings. The van der Waals surface area contributed by atoms with E-state index in [1.807, 2.05) is 17.9 Å². The molecule has 3 heteroatoms. The van der Waals surface area contributed by atoms with Crippen molar-refractivity contribution in [1.29, 1.82) is 0 Å². The normalized spacial score (nSPS) is 14.2. The minimum absolute atomic E-state index is 0.371. The highest BCUT2D eigenvalue weighted by Gasteiger charge is 2.16. The van der Waals surface area contributed by atoms with Crippen molar-refractivity contribution >= 4 is 0 Å². The fourth-order valence-corrected chi connectivity index (χ4v) is 1.34. The zero-order chi connectivity index (χ0) is 11.5. The molecule has 0 aliphatic heterocycles. The lowest BCUT2D eigenvalue weighted by atomic mass is 9.90. The van der Waals surface area contributed by atoms with Crippen LogP contribution in [0.25, 0.3) is 0 Å². The minimum Gasteiger partial charge on any atom is -0.310 e. The summed E-state index contributed by atoms with van der Waals surface area (Å²) in [4.78, 5) is 0. The second kappa shape index (κ2) is 4.79. The molecule has 86 valence electrons. The molecule has 0 aliphatic rings. The van der Waals surface area contributed by atoms with Crippen molar-refractivity contribution in [2.24, 2.45) is 12.5 Å². The highest BCUT2D eigenvalue weighted by atomic mass is 15.2. The molecule has 0 fully saturated rings. The van der Waals surface area contributed by atoms with Crippen molar-refractivity contribution in [2.75, 3.05) is 6.54 Å². The van der Waals surface area contributed by atoms with E-state index in [9.17, 15) is 0 Å². The summed E-state index contributed by atoms with van der Waals surface area (Å²) in [5.41, 5.74) is 1.63. The molecule has 0 saturated heterocycles. The molecule has 1 N–H and O–H groups in total. The fourth-order valence-electron chi connectivity index (χ4n) is 1.34. The molecule has 1 atom stereocenters. The standard InChI is InChI=1S/C12H23N3/c1-6-12(3,4)9-13-10(2)11-7-14-15(5)8-11/h7-8,10,13H,6,9H2,1-5H3. The number of aryl methyl sites for hydroxylation is 1. The van der Waals surface area contributed by atoms with Crippen molar-refractivity contribution in [2.45, 2.75) is 40.2 Å². The van der Waals surface area contributed by atoms with Gasteiger partial charge >= 0.3 is 0 Å². The molecule has 0 spiro atoms. The first-order valence-electron chi connectivity index (χ1n) is 5.66. The average molecular weight is 209 g/mol. The summed E-state index contributed by atoms with van der Waals surface area (Å²) in [5, 5.41) is 7.73. The molecule has 1 rings (SSSR count). The summed E-state index contributed by atoms with van der Waals surface area (Å²) in [5.74, 6) is 0. The van der Waals surface area contributed by atoms with Crippen LogP contribution in [-0.4, -0.2) is 16.3 Å². The Hall–Kier alpha value is -0.830. The predicted octanol–water partition coefficient (Wildman–Crippen LogP) is 2.51. The largest absolute Gasteiger partial charge is 0.310 e. The minimum atomic E-state index is 0.371. The average Bonchev–Trinajstić information content (AvgIpc) is 2.61. The van der Waals surface area contributed by atoms with Crippen molar-refractivity contribution in [1.82, 2.24) is 15.1 Å². The van der Waals surface area contributed by atoms with Crippen LogP contribution in [-0.2, 0) is 7.05 Å². The predicted molar refractivity (Wildman–Crippen MR) is 63.7 cm³/mol. The SMILES string of the molecule is CCC(C)(C)CNC(C)c1cnn(C)c1. The van der Waals surface area contributed by atoms with E-state index in [1.165, 1.54) is 12.0 Å². The Labute approximate surface area is 92.9 Å². The Morgan fingerprint density at radius 2 is 2.20 bits per heavy atom. The van der Waals surface area contributed by atoms with Gasteiger partial charge in [0.1, 0.15) is 0 Å². The lowest BCUT2D eigenvalue weighted by Crippen LogP contribution is -2.30. The van der Waals surface area contributed by atoms with Gasteiger partial charge in [-0.15, -0.1) is 0 Å². The number of aromatic nitrogens is 2. The van der Waals surface area contributed by atoms with Crippen LogP contribution in [0.5, 0.6) is 0 Å². The van der Waals surface area contributed by atoms with Gasteiger partial charge in [-0.1, -0.05) is 20.8 Å². The maximum Gasteiger partial charge on any atom is 0.0537 e. The molecule has 0 radical (unpaired) electrons. The highest BCUT2D eigenvalue weighted by molar-refractivity contribution is 5.08. The van der Waals surface area contributed by atoms with Crippen LogP contribution in [0.1, 0.15) is 45.7 Å². The lowest BCUT2D eigenvalue weighted by Gasteiger charge is -2.25. The van der Waals surface area contributed by atoms with Crippen LogP contribution in [0.4, 0.5) is 0 Å². The van der Waals surface area contributed by atoms with Gasteiger partial charge in [0.05, 0.1) is 6.20 Å². The van der Waals surface area contributed by atoms with Gasteiger partial charge in [-0.2, -0.15) is 5.10 Å². The molecule has 0 bridgehead atoms. The van der Waals surface area contributed by atoms with Crippen LogP contribution >= 0.6 is 0 Å². The van der Waals surface area contributed by atoms with E-state index in [0.29, 0.717) is 11.5 Å². The van der Waals surface area contributed by atoms with Gasteiger partial charge in [0.25, 0.3) is 0 Å². The third-order valence-electron chi connectivity index (χ3n) is 3.07. The molecule has 1 unspecified atom stereocenters. The molecule has 0 amide bonds. The monoisotopic (exact) mass is 209 g/mol. The first-order valence-corrected chi connectivity index (χ1v) is 5.66. The third kappa shape index (κ3) is 3.67. The Kier molecular flexibility index (Phi) is 3.91. The highest BCUT2D eigenvalue weighted by Crippen LogP contribution is 2.20. The zero-order valence-electron chi connectivity index (χ0n) is 10.5. The van der Waals surface area contributed by atoms with E-state index in [2.05, 4.69) is 44.3 Å². The molecule has 0 aromatic carbocycles. The van der Waals surface area contributed by atoms with Gasteiger partial charge in [0.15, 0.2) is 0 Å². The zero-order valence-corrected chi connectivity index (χ0v) is 10.5. The van der Waals surface area contributed by atoms with Gasteiger partial charge in [0, 0.05) is 31.4 Å². The smallest absolute Gasteiger partial charge is 0.0537 e. The van der Waals surface area contributed by atoms with Gasteiger partial charge in [0.2, 0.25) is 0 Å². The van der Waals surface area contributed by atoms with E-state index >= 15 is 0 Å². The number of nitrogens with zero attached hydrogens (tertiary/aromatic N) is 2. The van der Waals surface area contributed by atoms with E-state index < -0.39 is 0 Å². The lowest BCUT2D eigenvalue weighted by molar-refractivity contribution is 0.314. The molecule has 0 saturated carbocycles.